The van der Waals surface area contributed by atoms with Crippen LogP contribution in [-0.4, -0.2) is 69.1 Å². The summed E-state index contributed by atoms with van der Waals surface area (Å²) < 4.78 is 0. The average Bonchev–Trinajstić information content (AvgIpc) is 2.67. The third-order valence-corrected chi connectivity index (χ3v) is 4.34. The minimum absolute atomic E-state index is 0.399. The Morgan fingerprint density at radius 1 is 1.07 bits per heavy atom. The summed E-state index contributed by atoms with van der Waals surface area (Å²) >= 11 is 5.23. The Morgan fingerprint density at radius 2 is 1.70 bits per heavy atom. The van der Waals surface area contributed by atoms with Gasteiger partial charge in [0.2, 0.25) is 17.9 Å². The molecule has 3 heterocycles. The second-order valence-electron chi connectivity index (χ2n) is 6.11. The van der Waals surface area contributed by atoms with E-state index in [9.17, 15) is 0 Å². The van der Waals surface area contributed by atoms with Gasteiger partial charge in [0.05, 0.1) is 0 Å². The van der Waals surface area contributed by atoms with Crippen molar-refractivity contribution in [3.8, 4) is 0 Å². The first-order valence-electron chi connectivity index (χ1n) is 8.72. The molecule has 10 heteroatoms. The summed E-state index contributed by atoms with van der Waals surface area (Å²) in [5, 5.41) is 6.51. The van der Waals surface area contributed by atoms with Crippen molar-refractivity contribution in [3.63, 3.8) is 0 Å². The fourth-order valence-electron chi connectivity index (χ4n) is 2.78. The maximum atomic E-state index is 5.23. The van der Waals surface area contributed by atoms with E-state index in [1.165, 1.54) is 0 Å². The van der Waals surface area contributed by atoms with Gasteiger partial charge in [-0.2, -0.15) is 4.99 Å². The second-order valence-corrected chi connectivity index (χ2v) is 6.50. The summed E-state index contributed by atoms with van der Waals surface area (Å²) in [4.78, 5) is 26.3. The summed E-state index contributed by atoms with van der Waals surface area (Å²) in [6.07, 6.45) is 3.51. The molecule has 1 fully saturated rings. The van der Waals surface area contributed by atoms with E-state index in [4.69, 9.17) is 12.2 Å². The van der Waals surface area contributed by atoms with Crippen molar-refractivity contribution in [1.82, 2.24) is 30.2 Å². The van der Waals surface area contributed by atoms with E-state index in [0.717, 1.165) is 43.5 Å². The molecule has 0 unspecified atom stereocenters. The number of aryl methyl sites for hydroxylation is 2. The molecular weight excluding hydrogens is 362 g/mol. The molecular formula is C17H23N9S. The number of nitrogens with one attached hydrogen (secondary N) is 2. The molecule has 0 spiro atoms. The number of piperazine rings is 1. The molecule has 0 atom stereocenters. The number of hydrogen-bond acceptors (Lipinski definition) is 6. The first-order valence-corrected chi connectivity index (χ1v) is 9.12. The Labute approximate surface area is 164 Å². The highest BCUT2D eigenvalue weighted by Crippen LogP contribution is 2.12. The van der Waals surface area contributed by atoms with Crippen molar-refractivity contribution in [2.24, 2.45) is 4.99 Å². The lowest BCUT2D eigenvalue weighted by Crippen LogP contribution is -2.51. The van der Waals surface area contributed by atoms with Gasteiger partial charge < -0.3 is 15.1 Å². The van der Waals surface area contributed by atoms with Crippen LogP contribution < -0.4 is 15.5 Å². The zero-order valence-electron chi connectivity index (χ0n) is 15.7. The fourth-order valence-corrected chi connectivity index (χ4v) is 2.87. The van der Waals surface area contributed by atoms with Crippen molar-refractivity contribution >= 4 is 35.2 Å². The number of nitrogens with zero attached hydrogens (tertiary/aromatic N) is 7. The monoisotopic (exact) mass is 385 g/mol. The smallest absolute Gasteiger partial charge is 0.229 e. The molecule has 0 bridgehead atoms. The lowest BCUT2D eigenvalue weighted by Gasteiger charge is -2.36. The molecule has 0 amide bonds. The highest BCUT2D eigenvalue weighted by atomic mass is 32.1. The molecule has 1 aliphatic heterocycles. The molecule has 0 aromatic carbocycles. The fraction of sp³-hybridized carbons (Fsp3) is 0.412. The zero-order valence-corrected chi connectivity index (χ0v) is 16.5. The van der Waals surface area contributed by atoms with E-state index < -0.39 is 0 Å². The Bertz CT molecular complexity index is 796. The van der Waals surface area contributed by atoms with Crippen LogP contribution in [0.25, 0.3) is 0 Å². The van der Waals surface area contributed by atoms with Gasteiger partial charge in [-0.1, -0.05) is 0 Å². The summed E-state index contributed by atoms with van der Waals surface area (Å²) in [6, 6.07) is 3.75. The molecule has 0 saturated carbocycles. The molecule has 142 valence electrons. The Morgan fingerprint density at radius 3 is 2.30 bits per heavy atom. The van der Waals surface area contributed by atoms with E-state index in [1.807, 2.05) is 26.0 Å². The van der Waals surface area contributed by atoms with E-state index in [0.29, 0.717) is 17.0 Å². The lowest BCUT2D eigenvalue weighted by atomic mass is 10.3. The van der Waals surface area contributed by atoms with Crippen LogP contribution in [0.15, 0.2) is 29.5 Å². The van der Waals surface area contributed by atoms with E-state index in [2.05, 4.69) is 45.4 Å². The highest BCUT2D eigenvalue weighted by molar-refractivity contribution is 7.80. The SMILES string of the molecule is CNC(=S)/N=C(/Nc1nc(C)cc(C)n1)N1CCN(c2ncccn2)CC1. The molecule has 9 nitrogen and oxygen atoms in total. The molecule has 1 aliphatic rings. The molecule has 2 N–H and O–H groups in total. The maximum Gasteiger partial charge on any atom is 0.229 e. The standard InChI is InChI=1S/C17H23N9S/c1-12-11-13(2)22-14(21-12)23-16(24-17(27)18-3)26-9-7-25(8-10-26)15-19-5-4-6-20-15/h4-6,11H,7-10H2,1-3H3,(H2,18,21,22,23,24,27). The first-order chi connectivity index (χ1) is 13.0. The van der Waals surface area contributed by atoms with Crippen molar-refractivity contribution in [3.05, 3.63) is 35.9 Å². The summed E-state index contributed by atoms with van der Waals surface area (Å²) in [7, 11) is 1.75. The normalized spacial score (nSPS) is 14.9. The summed E-state index contributed by atoms with van der Waals surface area (Å²) in [5.41, 5.74) is 1.79. The van der Waals surface area contributed by atoms with Crippen LogP contribution in [0.4, 0.5) is 11.9 Å². The quantitative estimate of drug-likeness (QED) is 0.445. The van der Waals surface area contributed by atoms with Gasteiger partial charge in [-0.3, -0.25) is 5.32 Å². The van der Waals surface area contributed by atoms with Crippen LogP contribution >= 0.6 is 12.2 Å². The van der Waals surface area contributed by atoms with E-state index >= 15 is 0 Å². The van der Waals surface area contributed by atoms with Crippen molar-refractivity contribution < 1.29 is 0 Å². The molecule has 27 heavy (non-hydrogen) atoms. The third kappa shape index (κ3) is 5.07. The molecule has 0 aliphatic carbocycles. The zero-order chi connectivity index (χ0) is 19.2. The number of aromatic nitrogens is 4. The Kier molecular flexibility index (Phi) is 6.07. The number of hydrogen-bond donors (Lipinski definition) is 2. The molecule has 2 aromatic rings. The van der Waals surface area contributed by atoms with Gasteiger partial charge in [-0.25, -0.2) is 19.9 Å². The van der Waals surface area contributed by atoms with Crippen LogP contribution in [0.2, 0.25) is 0 Å². The minimum atomic E-state index is 0.399. The van der Waals surface area contributed by atoms with Gasteiger partial charge in [-0.15, -0.1) is 0 Å². The largest absolute Gasteiger partial charge is 0.364 e. The van der Waals surface area contributed by atoms with Crippen molar-refractivity contribution in [1.29, 1.82) is 0 Å². The van der Waals surface area contributed by atoms with Crippen LogP contribution in [0.5, 0.6) is 0 Å². The van der Waals surface area contributed by atoms with Crippen LogP contribution in [-0.2, 0) is 0 Å². The van der Waals surface area contributed by atoms with Gasteiger partial charge in [0.25, 0.3) is 0 Å². The van der Waals surface area contributed by atoms with Crippen LogP contribution in [0, 0.1) is 13.8 Å². The van der Waals surface area contributed by atoms with Gasteiger partial charge in [0.15, 0.2) is 5.11 Å². The number of guanidine groups is 1. The van der Waals surface area contributed by atoms with Gasteiger partial charge in [0.1, 0.15) is 0 Å². The molecule has 3 rings (SSSR count). The van der Waals surface area contributed by atoms with E-state index in [1.54, 1.807) is 19.4 Å². The second kappa shape index (κ2) is 8.67. The van der Waals surface area contributed by atoms with Crippen molar-refractivity contribution in [2.75, 3.05) is 43.4 Å². The minimum Gasteiger partial charge on any atom is -0.364 e. The average molecular weight is 386 g/mol. The predicted molar refractivity (Wildman–Crippen MR) is 110 cm³/mol. The summed E-state index contributed by atoms with van der Waals surface area (Å²) in [6.45, 7) is 6.94. The third-order valence-electron chi connectivity index (χ3n) is 4.04. The molecule has 2 aromatic heterocycles. The van der Waals surface area contributed by atoms with Crippen LogP contribution in [0.1, 0.15) is 11.4 Å². The number of rotatable bonds is 2. The Hall–Kier alpha value is -2.88. The molecule has 1 saturated heterocycles. The maximum absolute atomic E-state index is 5.23. The highest BCUT2D eigenvalue weighted by Gasteiger charge is 2.22. The number of thiocarbonyl (C=S) groups is 1. The number of aliphatic imine (C=N–C) groups is 1. The predicted octanol–water partition coefficient (Wildman–Crippen LogP) is 0.978. The van der Waals surface area contributed by atoms with Gasteiger partial charge >= 0.3 is 0 Å². The van der Waals surface area contributed by atoms with Gasteiger partial charge in [-0.05, 0) is 38.2 Å². The number of anilines is 2. The summed E-state index contributed by atoms with van der Waals surface area (Å²) in [5.74, 6) is 1.89. The van der Waals surface area contributed by atoms with Gasteiger partial charge in [0, 0.05) is 57.0 Å². The van der Waals surface area contributed by atoms with Crippen molar-refractivity contribution in [2.45, 2.75) is 13.8 Å². The topological polar surface area (TPSA) is 94.5 Å². The lowest BCUT2D eigenvalue weighted by molar-refractivity contribution is 0.382. The van der Waals surface area contributed by atoms with E-state index in [-0.39, 0.29) is 0 Å². The Balaban J connectivity index is 1.74. The van der Waals surface area contributed by atoms with Crippen LogP contribution in [0.3, 0.4) is 0 Å². The molecule has 0 radical (unpaired) electrons. The first kappa shape index (κ1) is 18.9.